The van der Waals surface area contributed by atoms with Gasteiger partial charge in [-0.25, -0.2) is 14.4 Å². The number of nitrogens with zero attached hydrogens (tertiary/aromatic N) is 5. The van der Waals surface area contributed by atoms with Crippen LogP contribution in [0.4, 0.5) is 21.7 Å². The van der Waals surface area contributed by atoms with Gasteiger partial charge in [-0.05, 0) is 37.1 Å². The summed E-state index contributed by atoms with van der Waals surface area (Å²) in [5.41, 5.74) is 10.9. The Morgan fingerprint density at radius 3 is 2.86 bits per heavy atom. The van der Waals surface area contributed by atoms with E-state index in [4.69, 9.17) is 15.0 Å². The number of nitrogens with one attached hydrogen (secondary N) is 3. The number of aliphatic hydroxyl groups is 1. The van der Waals surface area contributed by atoms with Crippen molar-refractivity contribution in [1.29, 1.82) is 5.53 Å². The number of halogens is 1. The molecular weight excluding hydrogens is 467 g/mol. The zero-order valence-electron chi connectivity index (χ0n) is 20.3. The molecule has 36 heavy (non-hydrogen) atoms. The number of aromatic nitrogens is 3. The minimum Gasteiger partial charge on any atom is -0.479 e. The van der Waals surface area contributed by atoms with Gasteiger partial charge in [-0.1, -0.05) is 6.07 Å². The summed E-state index contributed by atoms with van der Waals surface area (Å²) in [4.78, 5) is 6.69. The number of rotatable bonds is 9. The van der Waals surface area contributed by atoms with Gasteiger partial charge in [-0.3, -0.25) is 4.90 Å². The number of alkyl halides is 1. The maximum Gasteiger partial charge on any atom is 0.244 e. The smallest absolute Gasteiger partial charge is 0.244 e. The van der Waals surface area contributed by atoms with E-state index < -0.39 is 6.17 Å². The van der Waals surface area contributed by atoms with Crippen LogP contribution in [0.1, 0.15) is 13.3 Å². The molecule has 11 nitrogen and oxygen atoms in total. The van der Waals surface area contributed by atoms with Crippen LogP contribution >= 0.6 is 0 Å². The molecule has 0 amide bonds. The molecule has 0 radical (unpaired) electrons. The molecule has 2 saturated heterocycles. The maximum absolute atomic E-state index is 15.0. The van der Waals surface area contributed by atoms with Crippen LogP contribution in [0.15, 0.2) is 35.6 Å². The van der Waals surface area contributed by atoms with Gasteiger partial charge in [0, 0.05) is 30.9 Å². The van der Waals surface area contributed by atoms with Crippen molar-refractivity contribution >= 4 is 22.8 Å². The summed E-state index contributed by atoms with van der Waals surface area (Å²) in [6, 6.07) is 7.10. The minimum atomic E-state index is -1.04. The highest BCUT2D eigenvalue weighted by Crippen LogP contribution is 2.36. The zero-order valence-corrected chi connectivity index (χ0v) is 20.3. The molecule has 5 rings (SSSR count). The van der Waals surface area contributed by atoms with Crippen molar-refractivity contribution < 1.29 is 19.0 Å². The summed E-state index contributed by atoms with van der Waals surface area (Å²) >= 11 is 0. The molecule has 1 aromatic carbocycles. The van der Waals surface area contributed by atoms with Gasteiger partial charge in [0.1, 0.15) is 17.4 Å². The number of anilines is 2. The second kappa shape index (κ2) is 10.3. The fourth-order valence-electron chi connectivity index (χ4n) is 4.68. The lowest BCUT2D eigenvalue weighted by Crippen LogP contribution is -2.57. The van der Waals surface area contributed by atoms with Gasteiger partial charge in [-0.15, -0.1) is 5.10 Å². The Morgan fingerprint density at radius 2 is 2.19 bits per heavy atom. The third kappa shape index (κ3) is 4.71. The highest BCUT2D eigenvalue weighted by atomic mass is 19.1. The molecule has 192 valence electrons. The van der Waals surface area contributed by atoms with Crippen LogP contribution in [0.5, 0.6) is 5.88 Å². The summed E-state index contributed by atoms with van der Waals surface area (Å²) in [5.74, 6) is 0.663. The van der Waals surface area contributed by atoms with E-state index in [1.807, 2.05) is 25.1 Å². The predicted molar refractivity (Wildman–Crippen MR) is 133 cm³/mol. The van der Waals surface area contributed by atoms with E-state index in [0.717, 1.165) is 17.7 Å². The molecule has 0 unspecified atom stereocenters. The molecule has 4 N–H and O–H groups in total. The Bertz CT molecular complexity index is 1230. The second-order valence-electron chi connectivity index (χ2n) is 9.28. The van der Waals surface area contributed by atoms with Gasteiger partial charge < -0.3 is 25.2 Å². The van der Waals surface area contributed by atoms with Crippen molar-refractivity contribution in [1.82, 2.24) is 19.5 Å². The topological polar surface area (TPSA) is 132 Å². The van der Waals surface area contributed by atoms with Crippen LogP contribution in [0.3, 0.4) is 0 Å². The molecule has 2 fully saturated rings. The largest absolute Gasteiger partial charge is 0.479 e. The molecule has 0 bridgehead atoms. The van der Waals surface area contributed by atoms with Gasteiger partial charge >= 0.3 is 0 Å². The average Bonchev–Trinajstić information content (AvgIpc) is 3.28. The molecule has 2 aliphatic rings. The first kappa shape index (κ1) is 24.3. The summed E-state index contributed by atoms with van der Waals surface area (Å²) in [6.07, 6.45) is 1.41. The fraction of sp³-hybridized carbons (Fsp3) is 0.500. The van der Waals surface area contributed by atoms with Crippen molar-refractivity contribution in [3.8, 4) is 17.0 Å². The molecule has 0 saturated carbocycles. The standard InChI is InChI=1S/C24H31FN8O3/c1-14(11-34)27-21-9-15(3-4-20(21)30-26)17-5-8-33-22(17)23(35-2)29-24(31-33)28-19-6-7-32(10-18(19)25)16-12-36-13-16/h3-5,8-9,14,16,18-19,26-27,34H,6-7,10-13H2,1-2H3,(H,28,31)/t14-,18-,19+/m1/s1. The van der Waals surface area contributed by atoms with Crippen LogP contribution in [0.25, 0.3) is 16.6 Å². The number of benzene rings is 1. The molecule has 0 spiro atoms. The lowest BCUT2D eigenvalue weighted by molar-refractivity contribution is -0.0794. The van der Waals surface area contributed by atoms with Crippen molar-refractivity contribution in [2.75, 3.05) is 50.7 Å². The van der Waals surface area contributed by atoms with Gasteiger partial charge in [0.05, 0.1) is 44.7 Å². The first-order valence-electron chi connectivity index (χ1n) is 12.1. The highest BCUT2D eigenvalue weighted by molar-refractivity contribution is 5.87. The Morgan fingerprint density at radius 1 is 1.36 bits per heavy atom. The predicted octanol–water partition coefficient (Wildman–Crippen LogP) is 3.08. The number of methoxy groups -OCH3 is 1. The maximum atomic E-state index is 15.0. The Labute approximate surface area is 208 Å². The van der Waals surface area contributed by atoms with Gasteiger partial charge in [0.15, 0.2) is 0 Å². The normalized spacial score (nSPS) is 21.7. The second-order valence-corrected chi connectivity index (χ2v) is 9.28. The number of ether oxygens (including phenoxy) is 2. The first-order valence-corrected chi connectivity index (χ1v) is 12.1. The third-order valence-electron chi connectivity index (χ3n) is 6.80. The van der Waals surface area contributed by atoms with E-state index in [1.165, 1.54) is 7.11 Å². The van der Waals surface area contributed by atoms with Crippen molar-refractivity contribution in [2.24, 2.45) is 5.11 Å². The van der Waals surface area contributed by atoms with Crippen LogP contribution in [0, 0.1) is 5.53 Å². The Balaban J connectivity index is 1.40. The number of piperidine rings is 1. The summed E-state index contributed by atoms with van der Waals surface area (Å²) in [5, 5.41) is 23.9. The van der Waals surface area contributed by atoms with Crippen LogP contribution in [-0.4, -0.2) is 88.9 Å². The molecule has 12 heteroatoms. The van der Waals surface area contributed by atoms with Crippen LogP contribution in [0.2, 0.25) is 0 Å². The first-order chi connectivity index (χ1) is 17.5. The molecule has 4 heterocycles. The number of hydrogen-bond acceptors (Lipinski definition) is 10. The molecular formula is C24H31FN8O3. The number of fused-ring (bicyclic) bond motifs is 1. The minimum absolute atomic E-state index is 0.0535. The quantitative estimate of drug-likeness (QED) is 0.331. The molecule has 2 aromatic heterocycles. The monoisotopic (exact) mass is 498 g/mol. The van der Waals surface area contributed by atoms with Gasteiger partial charge in [0.2, 0.25) is 11.8 Å². The summed E-state index contributed by atoms with van der Waals surface area (Å²) in [6.45, 7) is 4.30. The Hall–Kier alpha value is -3.35. The van der Waals surface area contributed by atoms with Crippen LogP contribution < -0.4 is 15.4 Å². The van der Waals surface area contributed by atoms with E-state index in [0.29, 0.717) is 60.9 Å². The van der Waals surface area contributed by atoms with Crippen molar-refractivity contribution in [3.63, 3.8) is 0 Å². The average molecular weight is 499 g/mol. The number of aliphatic hydroxyl groups excluding tert-OH is 1. The van der Waals surface area contributed by atoms with E-state index in [2.05, 4.69) is 30.7 Å². The van der Waals surface area contributed by atoms with Crippen molar-refractivity contribution in [3.05, 3.63) is 30.5 Å². The van der Waals surface area contributed by atoms with Gasteiger partial charge in [-0.2, -0.15) is 10.1 Å². The van der Waals surface area contributed by atoms with Crippen LogP contribution in [-0.2, 0) is 4.74 Å². The lowest BCUT2D eigenvalue weighted by atomic mass is 10.0. The lowest BCUT2D eigenvalue weighted by Gasteiger charge is -2.42. The SMILES string of the molecule is COc1nc(N[C@H]2CCN(C3COC3)C[C@H]2F)nn2ccc(-c3ccc(N=N)c(N[C@H](C)CO)c3)c12. The highest BCUT2D eigenvalue weighted by Gasteiger charge is 2.35. The van der Waals surface area contributed by atoms with Crippen molar-refractivity contribution in [2.45, 2.75) is 37.6 Å². The third-order valence-corrected chi connectivity index (χ3v) is 6.80. The van der Waals surface area contributed by atoms with E-state index in [-0.39, 0.29) is 18.7 Å². The Kier molecular flexibility index (Phi) is 6.99. The van der Waals surface area contributed by atoms with E-state index in [1.54, 1.807) is 16.8 Å². The molecule has 3 atom stereocenters. The molecule has 0 aliphatic carbocycles. The van der Waals surface area contributed by atoms with Gasteiger partial charge in [0.25, 0.3) is 0 Å². The summed E-state index contributed by atoms with van der Waals surface area (Å²) < 4.78 is 27.5. The zero-order chi connectivity index (χ0) is 25.2. The van der Waals surface area contributed by atoms with E-state index >= 15 is 0 Å². The number of likely N-dealkylation sites (tertiary alicyclic amines) is 1. The molecule has 2 aliphatic heterocycles. The fourth-order valence-corrected chi connectivity index (χ4v) is 4.68. The molecule has 3 aromatic rings. The summed E-state index contributed by atoms with van der Waals surface area (Å²) in [7, 11) is 1.54. The van der Waals surface area contributed by atoms with E-state index in [9.17, 15) is 9.50 Å². The number of hydrogen-bond donors (Lipinski definition) is 4.